The van der Waals surface area contributed by atoms with E-state index in [9.17, 15) is 23.6 Å². The second-order valence-electron chi connectivity index (χ2n) is 7.92. The molecule has 0 aromatic heterocycles. The molecule has 1 atom stereocenters. The molecule has 1 unspecified atom stereocenters. The third-order valence-electron chi connectivity index (χ3n) is 5.91. The van der Waals surface area contributed by atoms with E-state index in [1.807, 2.05) is 11.9 Å². The Bertz CT molecular complexity index is 912. The van der Waals surface area contributed by atoms with E-state index in [1.54, 1.807) is 0 Å². The van der Waals surface area contributed by atoms with Crippen molar-refractivity contribution < 1.29 is 23.6 Å². The first-order valence-electron chi connectivity index (χ1n) is 9.78. The standard InChI is InChI=1S/C20H23FN4O4/c1-3-23(2)8-11-9-24(10-11)16-7-13-12(6-14(16)21)19(28)25(20(13)29)15-4-5-17(26)22-18(15)27/h6-7,11,15H,3-5,8-10H2,1-2H3,(H,22,26,27). The predicted octanol–water partition coefficient (Wildman–Crippen LogP) is 0.615. The second kappa shape index (κ2) is 7.22. The summed E-state index contributed by atoms with van der Waals surface area (Å²) in [6.45, 7) is 5.29. The van der Waals surface area contributed by atoms with Crippen molar-refractivity contribution in [2.24, 2.45) is 5.92 Å². The van der Waals surface area contributed by atoms with Crippen LogP contribution in [0.5, 0.6) is 0 Å². The molecule has 2 saturated heterocycles. The van der Waals surface area contributed by atoms with Gasteiger partial charge in [-0.2, -0.15) is 0 Å². The van der Waals surface area contributed by atoms with Crippen LogP contribution in [0.3, 0.4) is 0 Å². The normalized spacial score (nSPS) is 22.3. The van der Waals surface area contributed by atoms with Gasteiger partial charge in [-0.3, -0.25) is 29.4 Å². The highest BCUT2D eigenvalue weighted by molar-refractivity contribution is 6.23. The van der Waals surface area contributed by atoms with E-state index in [-0.39, 0.29) is 24.0 Å². The lowest BCUT2D eigenvalue weighted by atomic mass is 9.97. The number of hydrogen-bond donors (Lipinski definition) is 1. The number of imide groups is 2. The third kappa shape index (κ3) is 3.29. The van der Waals surface area contributed by atoms with Crippen LogP contribution in [0.15, 0.2) is 12.1 Å². The van der Waals surface area contributed by atoms with Gasteiger partial charge in [0.05, 0.1) is 16.8 Å². The molecule has 8 nitrogen and oxygen atoms in total. The molecule has 3 heterocycles. The molecular formula is C20H23FN4O4. The quantitative estimate of drug-likeness (QED) is 0.726. The van der Waals surface area contributed by atoms with Crippen LogP contribution in [0.4, 0.5) is 10.1 Å². The van der Waals surface area contributed by atoms with Crippen LogP contribution in [-0.4, -0.2) is 72.7 Å². The first kappa shape index (κ1) is 19.5. The number of fused-ring (bicyclic) bond motifs is 1. The molecule has 1 aromatic rings. The number of nitrogens with zero attached hydrogens (tertiary/aromatic N) is 3. The summed E-state index contributed by atoms with van der Waals surface area (Å²) in [6, 6.07) is 1.45. The van der Waals surface area contributed by atoms with Gasteiger partial charge in [-0.25, -0.2) is 4.39 Å². The van der Waals surface area contributed by atoms with Crippen LogP contribution in [0, 0.1) is 11.7 Å². The van der Waals surface area contributed by atoms with Crippen LogP contribution in [0.2, 0.25) is 0 Å². The average molecular weight is 402 g/mol. The van der Waals surface area contributed by atoms with Gasteiger partial charge in [0, 0.05) is 32.0 Å². The van der Waals surface area contributed by atoms with Crippen molar-refractivity contribution in [3.05, 3.63) is 29.1 Å². The van der Waals surface area contributed by atoms with E-state index in [0.29, 0.717) is 24.7 Å². The molecule has 4 amide bonds. The van der Waals surface area contributed by atoms with Gasteiger partial charge < -0.3 is 9.80 Å². The Hall–Kier alpha value is -2.81. The lowest BCUT2D eigenvalue weighted by Crippen LogP contribution is -2.54. The Labute approximate surface area is 167 Å². The molecule has 1 N–H and O–H groups in total. The number of amides is 4. The van der Waals surface area contributed by atoms with E-state index >= 15 is 0 Å². The number of piperidine rings is 1. The second-order valence-corrected chi connectivity index (χ2v) is 7.92. The van der Waals surface area contributed by atoms with Gasteiger partial charge >= 0.3 is 0 Å². The van der Waals surface area contributed by atoms with Gasteiger partial charge in [-0.1, -0.05) is 6.92 Å². The molecule has 0 spiro atoms. The lowest BCUT2D eigenvalue weighted by Gasteiger charge is -2.42. The minimum Gasteiger partial charge on any atom is -0.368 e. The van der Waals surface area contributed by atoms with Crippen LogP contribution in [0.25, 0.3) is 0 Å². The molecule has 0 bridgehead atoms. The van der Waals surface area contributed by atoms with E-state index in [2.05, 4.69) is 17.1 Å². The van der Waals surface area contributed by atoms with Crippen LogP contribution < -0.4 is 10.2 Å². The number of nitrogens with one attached hydrogen (secondary N) is 1. The number of benzene rings is 1. The number of rotatable bonds is 5. The minimum absolute atomic E-state index is 0.0382. The highest BCUT2D eigenvalue weighted by atomic mass is 19.1. The Morgan fingerprint density at radius 3 is 2.41 bits per heavy atom. The molecule has 2 fully saturated rings. The monoisotopic (exact) mass is 402 g/mol. The minimum atomic E-state index is -1.05. The number of halogens is 1. The summed E-state index contributed by atoms with van der Waals surface area (Å²) in [6.07, 6.45) is 0.120. The zero-order valence-corrected chi connectivity index (χ0v) is 16.4. The fourth-order valence-corrected chi connectivity index (χ4v) is 4.17. The molecule has 1 aromatic carbocycles. The highest BCUT2D eigenvalue weighted by Gasteiger charge is 2.45. The van der Waals surface area contributed by atoms with E-state index in [4.69, 9.17) is 0 Å². The van der Waals surface area contributed by atoms with Crippen molar-refractivity contribution in [3.63, 3.8) is 0 Å². The maximum atomic E-state index is 14.7. The zero-order chi connectivity index (χ0) is 20.9. The fraction of sp³-hybridized carbons (Fsp3) is 0.500. The van der Waals surface area contributed by atoms with Crippen molar-refractivity contribution in [1.29, 1.82) is 0 Å². The van der Waals surface area contributed by atoms with Crippen LogP contribution in [-0.2, 0) is 9.59 Å². The molecule has 3 aliphatic rings. The third-order valence-corrected chi connectivity index (χ3v) is 5.91. The van der Waals surface area contributed by atoms with Crippen molar-refractivity contribution in [2.75, 3.05) is 38.1 Å². The van der Waals surface area contributed by atoms with E-state index < -0.39 is 35.5 Å². The van der Waals surface area contributed by atoms with Gasteiger partial charge in [0.2, 0.25) is 11.8 Å². The molecule has 4 rings (SSSR count). The van der Waals surface area contributed by atoms with Crippen molar-refractivity contribution in [3.8, 4) is 0 Å². The van der Waals surface area contributed by atoms with E-state index in [0.717, 1.165) is 24.1 Å². The first-order chi connectivity index (χ1) is 13.8. The first-order valence-corrected chi connectivity index (χ1v) is 9.78. The topological polar surface area (TPSA) is 90.0 Å². The summed E-state index contributed by atoms with van der Waals surface area (Å²) < 4.78 is 14.7. The number of carbonyl (C=O) groups excluding carboxylic acids is 4. The summed E-state index contributed by atoms with van der Waals surface area (Å²) in [4.78, 5) is 54.0. The van der Waals surface area contributed by atoms with Gasteiger partial charge in [-0.15, -0.1) is 0 Å². The van der Waals surface area contributed by atoms with Crippen molar-refractivity contribution in [2.45, 2.75) is 25.8 Å². The van der Waals surface area contributed by atoms with Gasteiger partial charge in [0.1, 0.15) is 11.9 Å². The van der Waals surface area contributed by atoms with Crippen molar-refractivity contribution in [1.82, 2.24) is 15.1 Å². The summed E-state index contributed by atoms with van der Waals surface area (Å²) >= 11 is 0. The maximum absolute atomic E-state index is 14.7. The molecule has 29 heavy (non-hydrogen) atoms. The Morgan fingerprint density at radius 2 is 1.79 bits per heavy atom. The Morgan fingerprint density at radius 1 is 1.14 bits per heavy atom. The average Bonchev–Trinajstić information content (AvgIpc) is 2.88. The van der Waals surface area contributed by atoms with Gasteiger partial charge in [0.25, 0.3) is 11.8 Å². The number of hydrogen-bond acceptors (Lipinski definition) is 6. The molecule has 9 heteroatoms. The molecule has 3 aliphatic heterocycles. The predicted molar refractivity (Wildman–Crippen MR) is 102 cm³/mol. The van der Waals surface area contributed by atoms with Gasteiger partial charge in [-0.05, 0) is 32.1 Å². The SMILES string of the molecule is CCN(C)CC1CN(c2cc3c(cc2F)C(=O)N(C2CCC(=O)NC2=O)C3=O)C1. The van der Waals surface area contributed by atoms with E-state index in [1.165, 1.54) is 6.07 Å². The Balaban J connectivity index is 1.54. The molecule has 0 aliphatic carbocycles. The van der Waals surface area contributed by atoms with Gasteiger partial charge in [0.15, 0.2) is 0 Å². The number of anilines is 1. The zero-order valence-electron chi connectivity index (χ0n) is 16.4. The molecule has 154 valence electrons. The highest BCUT2D eigenvalue weighted by Crippen LogP contribution is 2.35. The van der Waals surface area contributed by atoms with Crippen LogP contribution in [0.1, 0.15) is 40.5 Å². The van der Waals surface area contributed by atoms with Crippen LogP contribution >= 0.6 is 0 Å². The van der Waals surface area contributed by atoms with Crippen molar-refractivity contribution >= 4 is 29.3 Å². The lowest BCUT2D eigenvalue weighted by molar-refractivity contribution is -0.136. The molecule has 0 radical (unpaired) electrons. The fourth-order valence-electron chi connectivity index (χ4n) is 4.17. The molecule has 0 saturated carbocycles. The summed E-state index contributed by atoms with van der Waals surface area (Å²) in [7, 11) is 2.03. The summed E-state index contributed by atoms with van der Waals surface area (Å²) in [5.74, 6) is -2.57. The largest absolute Gasteiger partial charge is 0.368 e. The summed E-state index contributed by atoms with van der Waals surface area (Å²) in [5, 5.41) is 2.15. The Kier molecular flexibility index (Phi) is 4.85. The summed E-state index contributed by atoms with van der Waals surface area (Å²) in [5.41, 5.74) is 0.361. The maximum Gasteiger partial charge on any atom is 0.262 e. The smallest absolute Gasteiger partial charge is 0.262 e. The number of carbonyl (C=O) groups is 4. The molecular weight excluding hydrogens is 379 g/mol.